The largest absolute Gasteiger partial charge is 0.489 e. The molecule has 0 fully saturated rings. The van der Waals surface area contributed by atoms with E-state index in [0.717, 1.165) is 0 Å². The third-order valence-electron chi connectivity index (χ3n) is 2.28. The van der Waals surface area contributed by atoms with Crippen LogP contribution in [0.1, 0.15) is 6.92 Å². The molecule has 8 heteroatoms. The molecular weight excluding hydrogens is 295 g/mol. The molecule has 1 atom stereocenters. The summed E-state index contributed by atoms with van der Waals surface area (Å²) in [6, 6.07) is 5.07. The summed E-state index contributed by atoms with van der Waals surface area (Å²) in [7, 11) is -3.72. The van der Waals surface area contributed by atoms with Crippen LogP contribution in [-0.2, 0) is 10.0 Å². The average Bonchev–Trinajstić information content (AvgIpc) is 2.29. The summed E-state index contributed by atoms with van der Waals surface area (Å²) in [4.78, 5) is -0.0108. The number of primary sulfonamides is 1. The van der Waals surface area contributed by atoms with E-state index in [9.17, 15) is 12.8 Å². The van der Waals surface area contributed by atoms with Crippen molar-refractivity contribution >= 4 is 22.4 Å². The lowest BCUT2D eigenvalue weighted by Gasteiger charge is -2.11. The fourth-order valence-corrected chi connectivity index (χ4v) is 1.67. The molecule has 1 rings (SSSR count). The number of hydrogen-bond donors (Lipinski definition) is 2. The summed E-state index contributed by atoms with van der Waals surface area (Å²) in [6.45, 7) is 1.64. The highest BCUT2D eigenvalue weighted by Gasteiger charge is 2.08. The van der Waals surface area contributed by atoms with Crippen LogP contribution < -0.4 is 15.6 Å². The molecule has 0 saturated carbocycles. The van der Waals surface area contributed by atoms with Gasteiger partial charge in [0.2, 0.25) is 10.0 Å². The van der Waals surface area contributed by atoms with E-state index in [1.54, 1.807) is 6.92 Å². The van der Waals surface area contributed by atoms with E-state index in [0.29, 0.717) is 17.7 Å². The third kappa shape index (κ3) is 5.56. The molecule has 108 valence electrons. The maximum Gasteiger partial charge on any atom is 0.238 e. The van der Waals surface area contributed by atoms with Crippen molar-refractivity contribution in [2.45, 2.75) is 17.9 Å². The predicted octanol–water partition coefficient (Wildman–Crippen LogP) is 1.34. The Balaban J connectivity index is 0.00000324. The lowest BCUT2D eigenvalue weighted by atomic mass is 10.2. The molecule has 0 aliphatic carbocycles. The normalized spacial score (nSPS) is 13.6. The highest BCUT2D eigenvalue weighted by Crippen LogP contribution is 2.16. The van der Waals surface area contributed by atoms with Gasteiger partial charge in [0.25, 0.3) is 0 Å². The Morgan fingerprint density at radius 1 is 1.42 bits per heavy atom. The maximum atomic E-state index is 12.4. The fourth-order valence-electron chi connectivity index (χ4n) is 1.15. The number of ether oxygens (including phenoxy) is 1. The van der Waals surface area contributed by atoms with Crippen molar-refractivity contribution in [2.24, 2.45) is 10.9 Å². The number of benzene rings is 1. The second-order valence-electron chi connectivity index (χ2n) is 3.78. The van der Waals surface area contributed by atoms with Gasteiger partial charge in [-0.3, -0.25) is 0 Å². The molecule has 1 aromatic rings. The summed E-state index contributed by atoms with van der Waals surface area (Å²) in [5, 5.41) is 4.95. The van der Waals surface area contributed by atoms with E-state index in [-0.39, 0.29) is 23.9 Å². The molecule has 0 aliphatic rings. The van der Waals surface area contributed by atoms with Crippen molar-refractivity contribution in [3.8, 4) is 5.75 Å². The number of hydrogen-bond acceptors (Lipinski definition) is 4. The van der Waals surface area contributed by atoms with Crippen LogP contribution >= 0.6 is 12.4 Å². The summed E-state index contributed by atoms with van der Waals surface area (Å²) < 4.78 is 39.7. The zero-order valence-electron chi connectivity index (χ0n) is 10.2. The van der Waals surface area contributed by atoms with Gasteiger partial charge < -0.3 is 10.5 Å². The molecule has 5 nitrogen and oxygen atoms in total. The Kier molecular flexibility index (Phi) is 6.99. The SMILES string of the molecule is C[C@H](N)/C(=C/F)COc1ccc(S(N)(=O)=O)cc1.Cl. The van der Waals surface area contributed by atoms with Crippen LogP contribution in [0.3, 0.4) is 0 Å². The maximum absolute atomic E-state index is 12.4. The van der Waals surface area contributed by atoms with E-state index in [1.165, 1.54) is 24.3 Å². The van der Waals surface area contributed by atoms with E-state index in [2.05, 4.69) is 0 Å². The van der Waals surface area contributed by atoms with Crippen LogP contribution in [0, 0.1) is 0 Å². The van der Waals surface area contributed by atoms with Crippen molar-refractivity contribution in [3.63, 3.8) is 0 Å². The summed E-state index contributed by atoms with van der Waals surface area (Å²) >= 11 is 0. The van der Waals surface area contributed by atoms with Gasteiger partial charge in [-0.05, 0) is 31.2 Å². The average molecular weight is 311 g/mol. The van der Waals surface area contributed by atoms with Crippen LogP contribution in [0.5, 0.6) is 5.75 Å². The van der Waals surface area contributed by atoms with Crippen LogP contribution in [-0.4, -0.2) is 21.1 Å². The smallest absolute Gasteiger partial charge is 0.238 e. The number of rotatable bonds is 5. The van der Waals surface area contributed by atoms with E-state index >= 15 is 0 Å². The van der Waals surface area contributed by atoms with Gasteiger partial charge in [-0.25, -0.2) is 17.9 Å². The second-order valence-corrected chi connectivity index (χ2v) is 5.34. The van der Waals surface area contributed by atoms with E-state index in [4.69, 9.17) is 15.6 Å². The number of sulfonamides is 1. The summed E-state index contributed by atoms with van der Waals surface area (Å²) in [5.74, 6) is 0.405. The minimum atomic E-state index is -3.72. The van der Waals surface area contributed by atoms with Gasteiger partial charge >= 0.3 is 0 Å². The topological polar surface area (TPSA) is 95.4 Å². The highest BCUT2D eigenvalue weighted by atomic mass is 35.5. The van der Waals surface area contributed by atoms with Crippen molar-refractivity contribution in [3.05, 3.63) is 36.2 Å². The zero-order chi connectivity index (χ0) is 13.8. The summed E-state index contributed by atoms with van der Waals surface area (Å²) in [5.41, 5.74) is 5.82. The first kappa shape index (κ1) is 17.8. The first-order valence-corrected chi connectivity index (χ1v) is 6.69. The van der Waals surface area contributed by atoms with Gasteiger partial charge in [0.15, 0.2) is 0 Å². The molecule has 0 saturated heterocycles. The summed E-state index contributed by atoms with van der Waals surface area (Å²) in [6.07, 6.45) is 0.406. The number of halogens is 2. The quantitative estimate of drug-likeness (QED) is 0.857. The lowest BCUT2D eigenvalue weighted by molar-refractivity contribution is 0.341. The third-order valence-corrected chi connectivity index (χ3v) is 3.21. The predicted molar refractivity (Wildman–Crippen MR) is 73.4 cm³/mol. The van der Waals surface area contributed by atoms with Crippen LogP contribution in [0.15, 0.2) is 41.1 Å². The zero-order valence-corrected chi connectivity index (χ0v) is 11.9. The molecule has 0 spiro atoms. The molecule has 0 amide bonds. The van der Waals surface area contributed by atoms with E-state index < -0.39 is 16.1 Å². The van der Waals surface area contributed by atoms with Gasteiger partial charge in [-0.15, -0.1) is 12.4 Å². The van der Waals surface area contributed by atoms with Gasteiger partial charge in [0.05, 0.1) is 11.2 Å². The van der Waals surface area contributed by atoms with Crippen molar-refractivity contribution < 1.29 is 17.5 Å². The molecule has 4 N–H and O–H groups in total. The molecule has 0 bridgehead atoms. The Morgan fingerprint density at radius 3 is 2.32 bits per heavy atom. The van der Waals surface area contributed by atoms with Gasteiger partial charge in [0, 0.05) is 11.6 Å². The molecule has 1 aromatic carbocycles. The van der Waals surface area contributed by atoms with Gasteiger partial charge in [-0.2, -0.15) is 0 Å². The molecule has 19 heavy (non-hydrogen) atoms. The number of nitrogens with two attached hydrogens (primary N) is 2. The van der Waals surface area contributed by atoms with Gasteiger partial charge in [-0.1, -0.05) is 0 Å². The Labute approximate surface area is 117 Å². The first-order chi connectivity index (χ1) is 8.34. The molecule has 0 unspecified atom stereocenters. The minimum absolute atomic E-state index is 0. The standard InChI is InChI=1S/C11H15FN2O3S.ClH/c1-8(13)9(6-12)7-17-10-2-4-11(5-3-10)18(14,15)16;/h2-6,8H,7,13H2,1H3,(H2,14,15,16);1H/b9-6+;/t8-;/m0./s1. The second kappa shape index (κ2) is 7.44. The molecular formula is C11H16ClFN2O3S. The first-order valence-electron chi connectivity index (χ1n) is 5.15. The van der Waals surface area contributed by atoms with E-state index in [1.807, 2.05) is 0 Å². The fraction of sp³-hybridized carbons (Fsp3) is 0.273. The van der Waals surface area contributed by atoms with Crippen LogP contribution in [0.25, 0.3) is 0 Å². The minimum Gasteiger partial charge on any atom is -0.489 e. The monoisotopic (exact) mass is 310 g/mol. The molecule has 0 aromatic heterocycles. The molecule has 0 radical (unpaired) electrons. The highest BCUT2D eigenvalue weighted by molar-refractivity contribution is 7.89. The Morgan fingerprint density at radius 2 is 1.95 bits per heavy atom. The molecule has 0 aliphatic heterocycles. The van der Waals surface area contributed by atoms with Gasteiger partial charge in [0.1, 0.15) is 12.4 Å². The Bertz CT molecular complexity index is 529. The molecule has 0 heterocycles. The van der Waals surface area contributed by atoms with Crippen LogP contribution in [0.4, 0.5) is 4.39 Å². The van der Waals surface area contributed by atoms with Crippen LogP contribution in [0.2, 0.25) is 0 Å². The van der Waals surface area contributed by atoms with Crippen molar-refractivity contribution in [2.75, 3.05) is 6.61 Å². The lowest BCUT2D eigenvalue weighted by Crippen LogP contribution is -2.22. The van der Waals surface area contributed by atoms with Crippen molar-refractivity contribution in [1.82, 2.24) is 0 Å². The van der Waals surface area contributed by atoms with Crippen molar-refractivity contribution in [1.29, 1.82) is 0 Å². The Hall–Kier alpha value is -1.15.